The second-order valence-electron chi connectivity index (χ2n) is 9.19. The number of hydrogen-bond acceptors (Lipinski definition) is 4. The molecule has 1 aromatic heterocycles. The number of likely N-dealkylation sites (N-methyl/N-ethyl adjacent to an activating group) is 1. The smallest absolute Gasteiger partial charge is 0.272 e. The lowest BCUT2D eigenvalue weighted by molar-refractivity contribution is -0.133. The number of benzene rings is 1. The van der Waals surface area contributed by atoms with E-state index < -0.39 is 5.54 Å². The average Bonchev–Trinajstić information content (AvgIpc) is 3.46. The maximum atomic E-state index is 13.1. The topological polar surface area (TPSA) is 96.3 Å². The minimum atomic E-state index is -1.06. The Kier molecular flexibility index (Phi) is 6.04. The van der Waals surface area contributed by atoms with Crippen LogP contribution < -0.4 is 10.6 Å². The Morgan fingerprint density at radius 1 is 1.22 bits per heavy atom. The molecule has 2 aromatic rings. The van der Waals surface area contributed by atoms with Crippen molar-refractivity contribution >= 4 is 17.7 Å². The number of fused-ring (bicyclic) bond motifs is 1. The minimum absolute atomic E-state index is 0.146. The summed E-state index contributed by atoms with van der Waals surface area (Å²) < 4.78 is 1.49. The van der Waals surface area contributed by atoms with Crippen LogP contribution in [0, 0.1) is 0 Å². The van der Waals surface area contributed by atoms with Gasteiger partial charge in [0.2, 0.25) is 5.91 Å². The molecule has 2 N–H and O–H groups in total. The van der Waals surface area contributed by atoms with Crippen LogP contribution in [-0.4, -0.2) is 57.6 Å². The highest BCUT2D eigenvalue weighted by Gasteiger charge is 2.46. The van der Waals surface area contributed by atoms with Gasteiger partial charge in [-0.15, -0.1) is 0 Å². The van der Waals surface area contributed by atoms with Crippen molar-refractivity contribution in [2.45, 2.75) is 63.6 Å². The molecule has 1 aliphatic heterocycles. The summed E-state index contributed by atoms with van der Waals surface area (Å²) in [6.45, 7) is 4.46. The van der Waals surface area contributed by atoms with Crippen LogP contribution in [0.25, 0.3) is 0 Å². The van der Waals surface area contributed by atoms with E-state index in [1.165, 1.54) is 15.6 Å². The van der Waals surface area contributed by atoms with Crippen molar-refractivity contribution in [3.8, 4) is 0 Å². The third-order valence-corrected chi connectivity index (χ3v) is 6.85. The first kappa shape index (κ1) is 22.0. The van der Waals surface area contributed by atoms with Crippen molar-refractivity contribution in [3.63, 3.8) is 0 Å². The van der Waals surface area contributed by atoms with Crippen molar-refractivity contribution in [1.82, 2.24) is 25.3 Å². The number of rotatable bonds is 6. The first-order valence-corrected chi connectivity index (χ1v) is 11.3. The highest BCUT2D eigenvalue weighted by Crippen LogP contribution is 2.27. The van der Waals surface area contributed by atoms with E-state index in [0.717, 1.165) is 31.2 Å². The summed E-state index contributed by atoms with van der Waals surface area (Å²) in [5, 5.41) is 10.4. The SMILES string of the molecule is C[C@H](CNC(=O)c1cc2n(n1)C[C@](C)(C(=O)NC1CCCC1)N(C)C2=O)c1ccccc1. The van der Waals surface area contributed by atoms with E-state index in [2.05, 4.69) is 15.7 Å². The molecule has 8 nitrogen and oxygen atoms in total. The molecule has 1 aromatic carbocycles. The molecular formula is C24H31N5O3. The zero-order chi connectivity index (χ0) is 22.9. The molecule has 0 radical (unpaired) electrons. The molecule has 8 heteroatoms. The van der Waals surface area contributed by atoms with Crippen LogP contribution >= 0.6 is 0 Å². The number of hydrogen-bond donors (Lipinski definition) is 2. The summed E-state index contributed by atoms with van der Waals surface area (Å²) in [6.07, 6.45) is 4.17. The van der Waals surface area contributed by atoms with Gasteiger partial charge in [0.05, 0.1) is 6.54 Å². The lowest BCUT2D eigenvalue weighted by Crippen LogP contribution is -2.63. The zero-order valence-electron chi connectivity index (χ0n) is 18.9. The number of nitrogens with zero attached hydrogens (tertiary/aromatic N) is 3. The van der Waals surface area contributed by atoms with Gasteiger partial charge in [-0.2, -0.15) is 5.10 Å². The van der Waals surface area contributed by atoms with E-state index in [0.29, 0.717) is 12.2 Å². The lowest BCUT2D eigenvalue weighted by Gasteiger charge is -2.41. The first-order chi connectivity index (χ1) is 15.3. The molecule has 0 spiro atoms. The summed E-state index contributed by atoms with van der Waals surface area (Å²) in [7, 11) is 1.63. The molecule has 2 heterocycles. The predicted octanol–water partition coefficient (Wildman–Crippen LogP) is 2.32. The average molecular weight is 438 g/mol. The maximum absolute atomic E-state index is 13.1. The third-order valence-electron chi connectivity index (χ3n) is 6.85. The fourth-order valence-electron chi connectivity index (χ4n) is 4.48. The van der Waals surface area contributed by atoms with Gasteiger partial charge in [0.1, 0.15) is 11.2 Å². The molecule has 2 aliphatic rings. The van der Waals surface area contributed by atoms with Crippen molar-refractivity contribution in [1.29, 1.82) is 0 Å². The summed E-state index contributed by atoms with van der Waals surface area (Å²) in [5.74, 6) is -0.677. The number of amides is 3. The second kappa shape index (κ2) is 8.76. The molecule has 4 rings (SSSR count). The number of nitrogens with one attached hydrogen (secondary N) is 2. The van der Waals surface area contributed by atoms with Gasteiger partial charge in [-0.25, -0.2) is 0 Å². The van der Waals surface area contributed by atoms with Crippen molar-refractivity contribution in [2.24, 2.45) is 0 Å². The summed E-state index contributed by atoms with van der Waals surface area (Å²) in [5.41, 5.74) is 0.578. The molecule has 2 atom stereocenters. The molecule has 170 valence electrons. The highest BCUT2D eigenvalue weighted by atomic mass is 16.2. The van der Waals surface area contributed by atoms with Gasteiger partial charge in [-0.1, -0.05) is 50.1 Å². The molecule has 1 saturated carbocycles. The minimum Gasteiger partial charge on any atom is -0.351 e. The Bertz CT molecular complexity index is 1010. The zero-order valence-corrected chi connectivity index (χ0v) is 18.9. The molecule has 0 saturated heterocycles. The van der Waals surface area contributed by atoms with E-state index in [1.54, 1.807) is 14.0 Å². The number of carbonyl (C=O) groups is 3. The van der Waals surface area contributed by atoms with Gasteiger partial charge in [0, 0.05) is 25.7 Å². The van der Waals surface area contributed by atoms with E-state index in [4.69, 9.17) is 0 Å². The standard InChI is InChI=1S/C24H31N5O3/c1-16(17-9-5-4-6-10-17)14-25-21(30)19-13-20-22(31)28(3)24(2,15-29(20)27-19)23(32)26-18-11-7-8-12-18/h4-6,9-10,13,16,18H,7-8,11-12,14-15H2,1-3H3,(H,25,30)(H,26,32)/t16-,24-/m1/s1. The van der Waals surface area contributed by atoms with Crippen LogP contribution in [0.2, 0.25) is 0 Å². The van der Waals surface area contributed by atoms with Gasteiger partial charge in [-0.3, -0.25) is 19.1 Å². The number of aromatic nitrogens is 2. The monoisotopic (exact) mass is 437 g/mol. The van der Waals surface area contributed by atoms with Gasteiger partial charge < -0.3 is 15.5 Å². The van der Waals surface area contributed by atoms with Crippen LogP contribution in [0.4, 0.5) is 0 Å². The van der Waals surface area contributed by atoms with E-state index >= 15 is 0 Å². The molecule has 32 heavy (non-hydrogen) atoms. The number of carbonyl (C=O) groups excluding carboxylic acids is 3. The van der Waals surface area contributed by atoms with Gasteiger partial charge >= 0.3 is 0 Å². The Hall–Kier alpha value is -3.16. The Morgan fingerprint density at radius 3 is 2.59 bits per heavy atom. The summed E-state index contributed by atoms with van der Waals surface area (Å²) in [4.78, 5) is 40.3. The van der Waals surface area contributed by atoms with Crippen molar-refractivity contribution in [3.05, 3.63) is 53.3 Å². The van der Waals surface area contributed by atoms with Gasteiger partial charge in [0.25, 0.3) is 11.8 Å². The maximum Gasteiger partial charge on any atom is 0.272 e. The van der Waals surface area contributed by atoms with Gasteiger partial charge in [0.15, 0.2) is 5.69 Å². The van der Waals surface area contributed by atoms with Crippen LogP contribution in [0.1, 0.15) is 72.0 Å². The van der Waals surface area contributed by atoms with Crippen molar-refractivity contribution < 1.29 is 14.4 Å². The Labute approximate surface area is 188 Å². The Balaban J connectivity index is 1.46. The molecule has 1 aliphatic carbocycles. The van der Waals surface area contributed by atoms with Crippen LogP contribution in [0.5, 0.6) is 0 Å². The van der Waals surface area contributed by atoms with E-state index in [9.17, 15) is 14.4 Å². The first-order valence-electron chi connectivity index (χ1n) is 11.3. The lowest BCUT2D eigenvalue weighted by atomic mass is 9.95. The summed E-state index contributed by atoms with van der Waals surface area (Å²) >= 11 is 0. The second-order valence-corrected chi connectivity index (χ2v) is 9.19. The molecular weight excluding hydrogens is 406 g/mol. The van der Waals surface area contributed by atoms with Crippen molar-refractivity contribution in [2.75, 3.05) is 13.6 Å². The molecule has 0 bridgehead atoms. The predicted molar refractivity (Wildman–Crippen MR) is 120 cm³/mol. The van der Waals surface area contributed by atoms with Crippen LogP contribution in [0.15, 0.2) is 36.4 Å². The largest absolute Gasteiger partial charge is 0.351 e. The summed E-state index contributed by atoms with van der Waals surface area (Å²) in [6, 6.07) is 11.6. The fourth-order valence-corrected chi connectivity index (χ4v) is 4.48. The fraction of sp³-hybridized carbons (Fsp3) is 0.500. The van der Waals surface area contributed by atoms with E-state index in [-0.39, 0.29) is 41.9 Å². The van der Waals surface area contributed by atoms with Crippen LogP contribution in [-0.2, 0) is 11.3 Å². The normalized spacial score (nSPS) is 21.8. The van der Waals surface area contributed by atoms with Crippen LogP contribution in [0.3, 0.4) is 0 Å². The highest BCUT2D eigenvalue weighted by molar-refractivity contribution is 6.01. The molecule has 0 unspecified atom stereocenters. The molecule has 1 fully saturated rings. The quantitative estimate of drug-likeness (QED) is 0.725. The van der Waals surface area contributed by atoms with E-state index in [1.807, 2.05) is 37.3 Å². The molecule has 3 amide bonds. The third kappa shape index (κ3) is 4.13. The van der Waals surface area contributed by atoms with Gasteiger partial charge in [-0.05, 0) is 31.2 Å². The Morgan fingerprint density at radius 2 is 1.91 bits per heavy atom.